The predicted molar refractivity (Wildman–Crippen MR) is 77.6 cm³/mol. The second-order valence-electron chi connectivity index (χ2n) is 4.25. The highest BCUT2D eigenvalue weighted by molar-refractivity contribution is 7.80. The zero-order valence-electron chi connectivity index (χ0n) is 10.2. The molecule has 1 unspecified atom stereocenters. The van der Waals surface area contributed by atoms with Crippen LogP contribution >= 0.6 is 12.2 Å². The monoisotopic (exact) mass is 260 g/mol. The van der Waals surface area contributed by atoms with E-state index in [4.69, 9.17) is 18.0 Å². The van der Waals surface area contributed by atoms with Crippen LogP contribution < -0.4 is 11.1 Å². The molecule has 3 N–H and O–H groups in total. The molecule has 1 aromatic carbocycles. The molecule has 94 valence electrons. The molecule has 1 atom stereocenters. The second kappa shape index (κ2) is 5.64. The molecule has 0 spiro atoms. The number of hydrogen-bond donors (Lipinski definition) is 2. The second-order valence-corrected chi connectivity index (χ2v) is 4.69. The molecule has 1 heterocycles. The van der Waals surface area contributed by atoms with Gasteiger partial charge >= 0.3 is 0 Å². The molecule has 0 saturated carbocycles. The van der Waals surface area contributed by atoms with Gasteiger partial charge in [-0.1, -0.05) is 12.2 Å². The quantitative estimate of drug-likeness (QED) is 0.808. The molecule has 0 aliphatic rings. The number of benzene rings is 1. The summed E-state index contributed by atoms with van der Waals surface area (Å²) in [6.45, 7) is 3.00. The molecule has 4 nitrogen and oxygen atoms in total. The van der Waals surface area contributed by atoms with Crippen LogP contribution in [0.5, 0.6) is 0 Å². The highest BCUT2D eigenvalue weighted by Crippen LogP contribution is 2.11. The number of nitrogens with zero attached hydrogens (tertiary/aromatic N) is 2. The van der Waals surface area contributed by atoms with Crippen LogP contribution in [0.1, 0.15) is 12.5 Å². The van der Waals surface area contributed by atoms with Gasteiger partial charge in [-0.3, -0.25) is 0 Å². The Labute approximate surface area is 112 Å². The third kappa shape index (κ3) is 3.30. The molecule has 0 fully saturated rings. The van der Waals surface area contributed by atoms with E-state index in [0.717, 1.165) is 17.8 Å². The Bertz CT molecular complexity index is 504. The zero-order chi connectivity index (χ0) is 13.0. The maximum Gasteiger partial charge on any atom is 0.103 e. The molecule has 0 aliphatic heterocycles. The standard InChI is InChI=1S/C13H16N4S/c1-10(8-17-7-6-15-9-17)16-12-4-2-11(3-5-12)13(14)18/h2-7,9-10,16H,8H2,1H3,(H2,14,18). The summed E-state index contributed by atoms with van der Waals surface area (Å²) in [5.74, 6) is 0. The van der Waals surface area contributed by atoms with Gasteiger partial charge in [-0.25, -0.2) is 4.98 Å². The van der Waals surface area contributed by atoms with Crippen molar-refractivity contribution in [3.63, 3.8) is 0 Å². The van der Waals surface area contributed by atoms with E-state index in [-0.39, 0.29) is 0 Å². The van der Waals surface area contributed by atoms with Crippen molar-refractivity contribution in [1.82, 2.24) is 9.55 Å². The van der Waals surface area contributed by atoms with Crippen LogP contribution in [0.25, 0.3) is 0 Å². The fraction of sp³-hybridized carbons (Fsp3) is 0.231. The average molecular weight is 260 g/mol. The Morgan fingerprint density at radius 2 is 2.17 bits per heavy atom. The van der Waals surface area contributed by atoms with Gasteiger partial charge in [0.25, 0.3) is 0 Å². The summed E-state index contributed by atoms with van der Waals surface area (Å²) in [5, 5.41) is 3.41. The minimum atomic E-state index is 0.315. The normalized spacial score (nSPS) is 12.1. The summed E-state index contributed by atoms with van der Waals surface area (Å²) < 4.78 is 2.04. The van der Waals surface area contributed by atoms with Crippen molar-refractivity contribution < 1.29 is 0 Å². The Hall–Kier alpha value is -1.88. The topological polar surface area (TPSA) is 55.9 Å². The number of nitrogens with two attached hydrogens (primary N) is 1. The smallest absolute Gasteiger partial charge is 0.103 e. The van der Waals surface area contributed by atoms with E-state index in [2.05, 4.69) is 17.2 Å². The molecule has 2 aromatic rings. The lowest BCUT2D eigenvalue weighted by Gasteiger charge is -2.16. The predicted octanol–water partition coefficient (Wildman–Crippen LogP) is 2.02. The Balaban J connectivity index is 1.94. The number of hydrogen-bond acceptors (Lipinski definition) is 3. The molecular formula is C13H16N4S. The summed E-state index contributed by atoms with van der Waals surface area (Å²) >= 11 is 4.92. The number of nitrogens with one attached hydrogen (secondary N) is 1. The highest BCUT2D eigenvalue weighted by atomic mass is 32.1. The van der Waals surface area contributed by atoms with Crippen LogP contribution in [0.4, 0.5) is 5.69 Å². The van der Waals surface area contributed by atoms with Gasteiger partial charge in [0, 0.05) is 36.2 Å². The SMILES string of the molecule is CC(Cn1ccnc1)Nc1ccc(C(N)=S)cc1. The Kier molecular flexibility index (Phi) is 3.94. The fourth-order valence-electron chi connectivity index (χ4n) is 1.77. The van der Waals surface area contributed by atoms with Crippen molar-refractivity contribution in [3.8, 4) is 0 Å². The van der Waals surface area contributed by atoms with Crippen LogP contribution in [0.2, 0.25) is 0 Å². The Morgan fingerprint density at radius 1 is 1.44 bits per heavy atom. The average Bonchev–Trinajstić information content (AvgIpc) is 2.82. The minimum Gasteiger partial charge on any atom is -0.389 e. The molecule has 0 radical (unpaired) electrons. The first-order valence-electron chi connectivity index (χ1n) is 5.77. The van der Waals surface area contributed by atoms with Crippen molar-refractivity contribution in [2.45, 2.75) is 19.5 Å². The summed E-state index contributed by atoms with van der Waals surface area (Å²) in [4.78, 5) is 4.44. The summed E-state index contributed by atoms with van der Waals surface area (Å²) in [7, 11) is 0. The van der Waals surface area contributed by atoms with Crippen LogP contribution in [-0.4, -0.2) is 20.6 Å². The van der Waals surface area contributed by atoms with Crippen LogP contribution in [0.3, 0.4) is 0 Å². The summed E-state index contributed by atoms with van der Waals surface area (Å²) in [5.41, 5.74) is 7.50. The lowest BCUT2D eigenvalue weighted by molar-refractivity contribution is 0.619. The van der Waals surface area contributed by atoms with Crippen LogP contribution in [0, 0.1) is 0 Å². The molecule has 0 amide bonds. The van der Waals surface area contributed by atoms with Gasteiger partial charge in [-0.15, -0.1) is 0 Å². The largest absolute Gasteiger partial charge is 0.389 e. The highest BCUT2D eigenvalue weighted by Gasteiger charge is 2.03. The first-order chi connectivity index (χ1) is 8.65. The lowest BCUT2D eigenvalue weighted by atomic mass is 10.2. The Morgan fingerprint density at radius 3 is 2.72 bits per heavy atom. The van der Waals surface area contributed by atoms with E-state index in [1.165, 1.54) is 0 Å². The maximum absolute atomic E-state index is 5.56. The number of anilines is 1. The van der Waals surface area contributed by atoms with Gasteiger partial charge in [0.05, 0.1) is 6.33 Å². The van der Waals surface area contributed by atoms with Gasteiger partial charge in [0.1, 0.15) is 4.99 Å². The molecule has 1 aromatic heterocycles. The maximum atomic E-state index is 5.56. The summed E-state index contributed by atoms with van der Waals surface area (Å²) in [6, 6.07) is 8.14. The molecule has 18 heavy (non-hydrogen) atoms. The number of rotatable bonds is 5. The van der Waals surface area contributed by atoms with Gasteiger partial charge in [0.15, 0.2) is 0 Å². The zero-order valence-corrected chi connectivity index (χ0v) is 11.0. The van der Waals surface area contributed by atoms with E-state index in [1.54, 1.807) is 6.20 Å². The molecule has 2 rings (SSSR count). The number of thiocarbonyl (C=S) groups is 1. The molecule has 5 heteroatoms. The van der Waals surface area contributed by atoms with Crippen molar-refractivity contribution >= 4 is 22.9 Å². The van der Waals surface area contributed by atoms with E-state index in [9.17, 15) is 0 Å². The van der Waals surface area contributed by atoms with Crippen LogP contribution in [0.15, 0.2) is 43.0 Å². The van der Waals surface area contributed by atoms with E-state index >= 15 is 0 Å². The lowest BCUT2D eigenvalue weighted by Crippen LogP contribution is -2.21. The van der Waals surface area contributed by atoms with E-state index < -0.39 is 0 Å². The third-order valence-corrected chi connectivity index (χ3v) is 2.86. The van der Waals surface area contributed by atoms with Gasteiger partial charge < -0.3 is 15.6 Å². The van der Waals surface area contributed by atoms with Gasteiger partial charge in [0.2, 0.25) is 0 Å². The van der Waals surface area contributed by atoms with Gasteiger partial charge in [-0.2, -0.15) is 0 Å². The number of imidazole rings is 1. The van der Waals surface area contributed by atoms with Crippen molar-refractivity contribution in [3.05, 3.63) is 48.5 Å². The summed E-state index contributed by atoms with van der Waals surface area (Å²) in [6.07, 6.45) is 5.55. The number of aromatic nitrogens is 2. The minimum absolute atomic E-state index is 0.315. The molecule has 0 saturated heterocycles. The third-order valence-electron chi connectivity index (χ3n) is 2.63. The van der Waals surface area contributed by atoms with Gasteiger partial charge in [-0.05, 0) is 31.2 Å². The van der Waals surface area contributed by atoms with Crippen LogP contribution in [-0.2, 0) is 6.54 Å². The first-order valence-corrected chi connectivity index (χ1v) is 6.18. The molecular weight excluding hydrogens is 244 g/mol. The van der Waals surface area contributed by atoms with Crippen molar-refractivity contribution in [2.24, 2.45) is 5.73 Å². The first kappa shape index (κ1) is 12.6. The van der Waals surface area contributed by atoms with Crippen molar-refractivity contribution in [1.29, 1.82) is 0 Å². The molecule has 0 bridgehead atoms. The fourth-order valence-corrected chi connectivity index (χ4v) is 1.91. The molecule has 0 aliphatic carbocycles. The van der Waals surface area contributed by atoms with E-state index in [1.807, 2.05) is 41.4 Å². The van der Waals surface area contributed by atoms with Crippen molar-refractivity contribution in [2.75, 3.05) is 5.32 Å². The van der Waals surface area contributed by atoms with E-state index in [0.29, 0.717) is 11.0 Å².